The second-order valence-corrected chi connectivity index (χ2v) is 9.83. The van der Waals surface area contributed by atoms with Crippen molar-refractivity contribution in [3.63, 3.8) is 0 Å². The monoisotopic (exact) mass is 487 g/mol. The van der Waals surface area contributed by atoms with E-state index in [1.54, 1.807) is 7.11 Å². The zero-order valence-corrected chi connectivity index (χ0v) is 20.5. The maximum atomic E-state index is 13.5. The van der Waals surface area contributed by atoms with E-state index in [0.717, 1.165) is 49.2 Å². The van der Waals surface area contributed by atoms with Crippen LogP contribution in [0.15, 0.2) is 24.0 Å². The van der Waals surface area contributed by atoms with Crippen molar-refractivity contribution in [1.29, 1.82) is 0 Å². The molecule has 5 rings (SSSR count). The van der Waals surface area contributed by atoms with Gasteiger partial charge in [-0.3, -0.25) is 9.69 Å². The minimum atomic E-state index is -1.98. The molecular formula is C26H33NO8. The van der Waals surface area contributed by atoms with Crippen LogP contribution in [0.25, 0.3) is 0 Å². The van der Waals surface area contributed by atoms with E-state index in [0.29, 0.717) is 17.9 Å². The van der Waals surface area contributed by atoms with Crippen molar-refractivity contribution in [3.05, 3.63) is 35.1 Å². The van der Waals surface area contributed by atoms with Gasteiger partial charge in [-0.2, -0.15) is 0 Å². The van der Waals surface area contributed by atoms with E-state index in [2.05, 4.69) is 11.0 Å². The number of benzene rings is 1. The van der Waals surface area contributed by atoms with Gasteiger partial charge in [0, 0.05) is 6.54 Å². The Balaban J connectivity index is 1.56. The summed E-state index contributed by atoms with van der Waals surface area (Å²) in [4.78, 5) is 27.9. The number of fused-ring (bicyclic) bond motifs is 3. The van der Waals surface area contributed by atoms with Crippen LogP contribution in [0.2, 0.25) is 0 Å². The van der Waals surface area contributed by atoms with Crippen molar-refractivity contribution < 1.29 is 38.4 Å². The third-order valence-corrected chi connectivity index (χ3v) is 7.91. The molecule has 1 fully saturated rings. The summed E-state index contributed by atoms with van der Waals surface area (Å²) in [6.45, 7) is 3.81. The number of carbonyl (C=O) groups is 2. The topological polar surface area (TPSA) is 104 Å². The molecule has 1 spiro atoms. The molecule has 1 N–H and O–H groups in total. The molecule has 190 valence electrons. The Morgan fingerprint density at radius 3 is 2.71 bits per heavy atom. The van der Waals surface area contributed by atoms with Crippen LogP contribution in [-0.2, 0) is 30.2 Å². The summed E-state index contributed by atoms with van der Waals surface area (Å²) >= 11 is 0. The first-order chi connectivity index (χ1) is 16.8. The smallest absolute Gasteiger partial charge is 0.339 e. The molecule has 3 aliphatic heterocycles. The lowest BCUT2D eigenvalue weighted by molar-refractivity contribution is -0.178. The van der Waals surface area contributed by atoms with Crippen LogP contribution >= 0.6 is 0 Å². The Morgan fingerprint density at radius 2 is 2.00 bits per heavy atom. The number of aliphatic hydroxyl groups is 1. The van der Waals surface area contributed by atoms with Crippen molar-refractivity contribution in [3.8, 4) is 11.5 Å². The highest BCUT2D eigenvalue weighted by Gasteiger charge is 2.59. The standard InChI is InChI=1S/C26H33NO8/c1-4-7-26(30,14-21(28)32-3)24(29)35-23-20(31-2)13-25-8-5-9-27(25)10-6-16-11-18-19(34-15-33-18)12-17(16)22(23)25/h11-13,22-23,30H,4-10,14-15H2,1-3H3/t22-,23-,25+,26-/m1/s1. The molecule has 35 heavy (non-hydrogen) atoms. The molecule has 3 heterocycles. The Hall–Kier alpha value is -2.78. The van der Waals surface area contributed by atoms with Gasteiger partial charge in [0.1, 0.15) is 5.76 Å². The van der Waals surface area contributed by atoms with E-state index in [1.807, 2.05) is 19.1 Å². The molecule has 9 heteroatoms. The van der Waals surface area contributed by atoms with Crippen LogP contribution in [0.5, 0.6) is 11.5 Å². The number of methoxy groups -OCH3 is 2. The zero-order chi connectivity index (χ0) is 24.8. The number of nitrogens with zero attached hydrogens (tertiary/aromatic N) is 1. The van der Waals surface area contributed by atoms with Crippen molar-refractivity contribution in [2.75, 3.05) is 34.1 Å². The molecule has 0 radical (unpaired) electrons. The molecule has 0 unspecified atom stereocenters. The number of ether oxygens (including phenoxy) is 5. The van der Waals surface area contributed by atoms with E-state index in [9.17, 15) is 14.7 Å². The highest BCUT2D eigenvalue weighted by Crippen LogP contribution is 2.55. The summed E-state index contributed by atoms with van der Waals surface area (Å²) in [5.41, 5.74) is -0.195. The second kappa shape index (κ2) is 9.02. The summed E-state index contributed by atoms with van der Waals surface area (Å²) in [6.07, 6.45) is 4.20. The van der Waals surface area contributed by atoms with E-state index in [-0.39, 0.29) is 24.7 Å². The molecule has 1 aromatic carbocycles. The highest BCUT2D eigenvalue weighted by molar-refractivity contribution is 5.86. The zero-order valence-electron chi connectivity index (χ0n) is 20.5. The van der Waals surface area contributed by atoms with Crippen molar-refractivity contribution in [1.82, 2.24) is 4.90 Å². The van der Waals surface area contributed by atoms with Crippen LogP contribution in [0.1, 0.15) is 56.1 Å². The Bertz CT molecular complexity index is 1050. The Labute approximate surface area is 204 Å². The van der Waals surface area contributed by atoms with Crippen LogP contribution in [0.3, 0.4) is 0 Å². The fourth-order valence-corrected chi connectivity index (χ4v) is 6.31. The largest absolute Gasteiger partial charge is 0.497 e. The van der Waals surface area contributed by atoms with Gasteiger partial charge in [0.15, 0.2) is 23.2 Å². The average Bonchev–Trinajstić information content (AvgIpc) is 3.52. The molecule has 0 bridgehead atoms. The van der Waals surface area contributed by atoms with E-state index in [1.165, 1.54) is 7.11 Å². The Morgan fingerprint density at radius 1 is 1.23 bits per heavy atom. The van der Waals surface area contributed by atoms with E-state index >= 15 is 0 Å². The quantitative estimate of drug-likeness (QED) is 0.581. The predicted octanol–water partition coefficient (Wildman–Crippen LogP) is 2.44. The molecule has 0 aromatic heterocycles. The van der Waals surface area contributed by atoms with Gasteiger partial charge in [-0.15, -0.1) is 0 Å². The van der Waals surface area contributed by atoms with Crippen molar-refractivity contribution >= 4 is 11.9 Å². The first-order valence-corrected chi connectivity index (χ1v) is 12.3. The van der Waals surface area contributed by atoms with Gasteiger partial charge < -0.3 is 28.8 Å². The molecule has 1 aromatic rings. The van der Waals surface area contributed by atoms with E-state index < -0.39 is 30.1 Å². The highest BCUT2D eigenvalue weighted by atomic mass is 16.7. The summed E-state index contributed by atoms with van der Waals surface area (Å²) in [5.74, 6) is 0.192. The van der Waals surface area contributed by atoms with Gasteiger partial charge in [0.25, 0.3) is 0 Å². The van der Waals surface area contributed by atoms with Crippen molar-refractivity contribution in [2.24, 2.45) is 0 Å². The third-order valence-electron chi connectivity index (χ3n) is 7.91. The molecule has 1 aliphatic carbocycles. The van der Waals surface area contributed by atoms with Gasteiger partial charge in [0.2, 0.25) is 6.79 Å². The lowest BCUT2D eigenvalue weighted by atomic mass is 9.77. The Kier molecular flexibility index (Phi) is 6.17. The normalized spacial score (nSPS) is 28.2. The van der Waals surface area contributed by atoms with Gasteiger partial charge >= 0.3 is 11.9 Å². The lowest BCUT2D eigenvalue weighted by Crippen LogP contribution is -2.49. The molecule has 4 atom stereocenters. The summed E-state index contributed by atoms with van der Waals surface area (Å²) < 4.78 is 27.9. The number of hydrogen-bond donors (Lipinski definition) is 1. The number of carbonyl (C=O) groups excluding carboxylic acids is 2. The van der Waals surface area contributed by atoms with Gasteiger partial charge in [-0.1, -0.05) is 13.3 Å². The van der Waals surface area contributed by atoms with Gasteiger partial charge in [0.05, 0.1) is 32.1 Å². The first-order valence-electron chi connectivity index (χ1n) is 12.3. The maximum absolute atomic E-state index is 13.5. The minimum absolute atomic E-state index is 0.0802. The number of rotatable bonds is 7. The lowest BCUT2D eigenvalue weighted by Gasteiger charge is -2.39. The minimum Gasteiger partial charge on any atom is -0.497 e. The third kappa shape index (κ3) is 3.85. The van der Waals surface area contributed by atoms with Gasteiger partial charge in [-0.25, -0.2) is 4.79 Å². The summed E-state index contributed by atoms with van der Waals surface area (Å²) in [7, 11) is 2.80. The molecule has 0 saturated carbocycles. The van der Waals surface area contributed by atoms with Crippen LogP contribution < -0.4 is 9.47 Å². The van der Waals surface area contributed by atoms with Gasteiger partial charge in [-0.05, 0) is 61.6 Å². The molecule has 4 aliphatic rings. The maximum Gasteiger partial charge on any atom is 0.339 e. The summed E-state index contributed by atoms with van der Waals surface area (Å²) in [5, 5.41) is 11.2. The summed E-state index contributed by atoms with van der Waals surface area (Å²) in [6, 6.07) is 4.04. The van der Waals surface area contributed by atoms with Crippen molar-refractivity contribution in [2.45, 2.75) is 68.6 Å². The van der Waals surface area contributed by atoms with Crippen LogP contribution in [0.4, 0.5) is 0 Å². The number of esters is 2. The molecule has 1 saturated heterocycles. The predicted molar refractivity (Wildman–Crippen MR) is 124 cm³/mol. The fourth-order valence-electron chi connectivity index (χ4n) is 6.31. The van der Waals surface area contributed by atoms with Crippen LogP contribution in [-0.4, -0.2) is 73.3 Å². The second-order valence-electron chi connectivity index (χ2n) is 9.83. The average molecular weight is 488 g/mol. The fraction of sp³-hybridized carbons (Fsp3) is 0.615. The first kappa shape index (κ1) is 23.9. The van der Waals surface area contributed by atoms with Crippen LogP contribution in [0, 0.1) is 0 Å². The SMILES string of the molecule is CCC[C@@](O)(CC(=O)OC)C(=O)O[C@@H]1C(OC)=C[C@]23CCCN2CCc2cc4c(cc2[C@H]13)OCO4. The van der Waals surface area contributed by atoms with E-state index in [4.69, 9.17) is 23.7 Å². The number of hydrogen-bond acceptors (Lipinski definition) is 9. The molecular weight excluding hydrogens is 454 g/mol. The molecule has 0 amide bonds. The molecule has 9 nitrogen and oxygen atoms in total.